The minimum absolute atomic E-state index is 0.0611. The van der Waals surface area contributed by atoms with Gasteiger partial charge in [0.25, 0.3) is 5.56 Å². The van der Waals surface area contributed by atoms with E-state index in [-0.39, 0.29) is 17.8 Å². The first-order valence-corrected chi connectivity index (χ1v) is 13.6. The van der Waals surface area contributed by atoms with Gasteiger partial charge in [0, 0.05) is 23.2 Å². The van der Waals surface area contributed by atoms with Crippen LogP contribution >= 0.6 is 7.75 Å². The summed E-state index contributed by atoms with van der Waals surface area (Å²) in [5.74, 6) is -2.09. The Morgan fingerprint density at radius 3 is 2.71 bits per heavy atom. The summed E-state index contributed by atoms with van der Waals surface area (Å²) in [4.78, 5) is 48.8. The fourth-order valence-corrected chi connectivity index (χ4v) is 5.68. The molecule has 1 unspecified atom stereocenters. The molecule has 1 aromatic carbocycles. The molecule has 1 aliphatic heterocycles. The van der Waals surface area contributed by atoms with Gasteiger partial charge in [0.2, 0.25) is 0 Å². The van der Waals surface area contributed by atoms with Crippen LogP contribution in [0.1, 0.15) is 25.6 Å². The van der Waals surface area contributed by atoms with Crippen LogP contribution in [0.15, 0.2) is 50.7 Å². The van der Waals surface area contributed by atoms with Crippen LogP contribution in [0.25, 0.3) is 11.0 Å². The molecule has 0 amide bonds. The van der Waals surface area contributed by atoms with Crippen molar-refractivity contribution in [1.29, 1.82) is 0 Å². The van der Waals surface area contributed by atoms with Crippen LogP contribution in [-0.4, -0.2) is 69.3 Å². The van der Waals surface area contributed by atoms with Gasteiger partial charge in [0.1, 0.15) is 18.2 Å². The quantitative estimate of drug-likeness (QED) is 0.181. The summed E-state index contributed by atoms with van der Waals surface area (Å²) in [6.45, 7) is 1.35. The van der Waals surface area contributed by atoms with Crippen molar-refractivity contribution in [3.63, 3.8) is 0 Å². The number of fused-ring (bicyclic) bond motifs is 1. The number of esters is 1. The van der Waals surface area contributed by atoms with Crippen molar-refractivity contribution >= 4 is 30.7 Å². The van der Waals surface area contributed by atoms with E-state index in [1.807, 2.05) is 4.98 Å². The van der Waals surface area contributed by atoms with Gasteiger partial charge in [-0.2, -0.15) is 5.09 Å². The van der Waals surface area contributed by atoms with Crippen molar-refractivity contribution in [2.75, 3.05) is 13.7 Å². The predicted octanol–water partition coefficient (Wildman–Crippen LogP) is 1.25. The normalized spacial score (nSPS) is 24.6. The number of carbonyl (C=O) groups is 2. The molecule has 0 aliphatic carbocycles. The number of aliphatic carboxylic acids is 1. The number of rotatable bonds is 11. The lowest BCUT2D eigenvalue weighted by Crippen LogP contribution is -2.43. The number of carboxylic acid groups (broad SMARTS) is 1. The first kappa shape index (κ1) is 30.1. The largest absolute Gasteiger partial charge is 0.480 e. The fourth-order valence-electron chi connectivity index (χ4n) is 4.17. The molecular weight excluding hydrogens is 572 g/mol. The topological polar surface area (TPSA) is 209 Å². The minimum atomic E-state index is -4.62. The Labute approximate surface area is 230 Å². The number of benzene rings is 1. The highest BCUT2D eigenvalue weighted by atomic mass is 31.2. The second kappa shape index (κ2) is 11.6. The highest BCUT2D eigenvalue weighted by Crippen LogP contribution is 2.49. The van der Waals surface area contributed by atoms with Gasteiger partial charge in [-0.3, -0.25) is 28.5 Å². The zero-order valence-electron chi connectivity index (χ0n) is 21.9. The van der Waals surface area contributed by atoms with Crippen LogP contribution in [-0.2, 0) is 34.6 Å². The zero-order chi connectivity index (χ0) is 30.1. The number of halogens is 1. The van der Waals surface area contributed by atoms with E-state index in [2.05, 4.69) is 9.82 Å². The van der Waals surface area contributed by atoms with E-state index in [1.165, 1.54) is 32.4 Å². The lowest BCUT2D eigenvalue weighted by Gasteiger charge is -2.25. The third-order valence-corrected chi connectivity index (χ3v) is 8.01. The van der Waals surface area contributed by atoms with Crippen LogP contribution in [0.3, 0.4) is 0 Å². The summed E-state index contributed by atoms with van der Waals surface area (Å²) >= 11 is 0. The molecule has 41 heavy (non-hydrogen) atoms. The van der Waals surface area contributed by atoms with Gasteiger partial charge in [0.15, 0.2) is 23.2 Å². The molecule has 0 saturated carbocycles. The molecule has 222 valence electrons. The second-order valence-corrected chi connectivity index (χ2v) is 11.1. The van der Waals surface area contributed by atoms with Crippen LogP contribution < -0.4 is 20.9 Å². The van der Waals surface area contributed by atoms with E-state index >= 15 is 4.39 Å². The molecule has 15 nitrogen and oxygen atoms in total. The number of aliphatic hydroxyl groups excluding tert-OH is 1. The molecule has 6 atom stereocenters. The van der Waals surface area contributed by atoms with E-state index in [4.69, 9.17) is 18.2 Å². The summed E-state index contributed by atoms with van der Waals surface area (Å²) in [5, 5.41) is 22.6. The number of hydrogen-bond acceptors (Lipinski definition) is 11. The monoisotopic (exact) mass is 599 g/mol. The van der Waals surface area contributed by atoms with E-state index in [1.54, 1.807) is 6.07 Å². The number of ether oxygens (including phenoxy) is 2. The molecule has 4 N–H and O–H groups in total. The van der Waals surface area contributed by atoms with Crippen molar-refractivity contribution in [3.05, 3.63) is 63.1 Å². The molecule has 0 spiro atoms. The van der Waals surface area contributed by atoms with Gasteiger partial charge < -0.3 is 28.6 Å². The zero-order valence-corrected chi connectivity index (χ0v) is 22.8. The summed E-state index contributed by atoms with van der Waals surface area (Å²) in [5.41, 5.74) is -3.80. The number of methoxy groups -OCH3 is 1. The van der Waals surface area contributed by atoms with E-state index < -0.39 is 67.7 Å². The van der Waals surface area contributed by atoms with Crippen molar-refractivity contribution in [2.24, 2.45) is 0 Å². The molecule has 1 aliphatic rings. The number of H-pyrrole nitrogens is 1. The maximum Gasteiger partial charge on any atom is 0.459 e. The molecule has 3 aromatic rings. The van der Waals surface area contributed by atoms with Gasteiger partial charge in [0.05, 0.1) is 26.4 Å². The van der Waals surface area contributed by atoms with Crippen LogP contribution in [0, 0.1) is 0 Å². The standard InChI is InChI=1S/C24H27FN3O12P/c1-12(21(32)33)27-41(35,40-15-6-4-5-14-13(9-18(30)36-3)10-37-19(14)15)38-11-16-20(31)24(2,25)22(39-16)28-8-7-17(29)26-23(28)34/h4-8,10,12,16,20,22,31H,9,11H2,1-3H3,(H,27,35)(H,32,33)(H,26,29,34)/t12-,16+,20+,22+,24+,41?/m0/s1. The predicted molar refractivity (Wildman–Crippen MR) is 137 cm³/mol. The Kier molecular flexibility index (Phi) is 8.52. The van der Waals surface area contributed by atoms with Crippen LogP contribution in [0.2, 0.25) is 0 Å². The number of hydrogen-bond donors (Lipinski definition) is 4. The molecule has 3 heterocycles. The molecule has 17 heteroatoms. The number of para-hydroxylation sites is 1. The van der Waals surface area contributed by atoms with Crippen molar-refractivity contribution in [2.45, 2.75) is 50.4 Å². The Bertz CT molecular complexity index is 1610. The summed E-state index contributed by atoms with van der Waals surface area (Å²) in [7, 11) is -3.40. The maximum atomic E-state index is 15.5. The number of aliphatic hydroxyl groups is 1. The lowest BCUT2D eigenvalue weighted by atomic mass is 9.98. The maximum absolute atomic E-state index is 15.5. The number of nitrogens with zero attached hydrogens (tertiary/aromatic N) is 1. The third kappa shape index (κ3) is 6.26. The number of carbonyl (C=O) groups excluding carboxylic acids is 1. The molecule has 2 aromatic heterocycles. The molecule has 1 saturated heterocycles. The third-order valence-electron chi connectivity index (χ3n) is 6.38. The molecule has 0 radical (unpaired) electrons. The number of carboxylic acids is 1. The SMILES string of the molecule is COC(=O)Cc1coc2c(OP(=O)(N[C@@H](C)C(=O)O)OC[C@H]3O[C@@H](n4ccc(=O)[nH]c4=O)[C@](C)(F)[C@@H]3O)cccc12. The smallest absolute Gasteiger partial charge is 0.459 e. The number of nitrogens with one attached hydrogen (secondary N) is 2. The summed E-state index contributed by atoms with van der Waals surface area (Å²) in [6.07, 6.45) is -3.00. The van der Waals surface area contributed by atoms with Gasteiger partial charge in [-0.15, -0.1) is 0 Å². The first-order chi connectivity index (χ1) is 19.3. The number of alkyl halides is 1. The number of furan rings is 1. The Balaban J connectivity index is 1.60. The fraction of sp³-hybridized carbons (Fsp3) is 0.417. The van der Waals surface area contributed by atoms with Crippen molar-refractivity contribution in [1.82, 2.24) is 14.6 Å². The molecule has 1 fully saturated rings. The van der Waals surface area contributed by atoms with Crippen molar-refractivity contribution in [3.8, 4) is 5.75 Å². The van der Waals surface area contributed by atoms with E-state index in [9.17, 15) is 34.0 Å². The van der Waals surface area contributed by atoms with Gasteiger partial charge in [-0.1, -0.05) is 12.1 Å². The molecule has 4 rings (SSSR count). The lowest BCUT2D eigenvalue weighted by molar-refractivity contribution is -0.140. The highest BCUT2D eigenvalue weighted by molar-refractivity contribution is 7.52. The Morgan fingerprint density at radius 2 is 2.05 bits per heavy atom. The first-order valence-electron chi connectivity index (χ1n) is 12.1. The van der Waals surface area contributed by atoms with Crippen LogP contribution in [0.4, 0.5) is 4.39 Å². The Morgan fingerprint density at radius 1 is 1.32 bits per heavy atom. The Hall–Kier alpha value is -3.82. The average Bonchev–Trinajstić information content (AvgIpc) is 3.41. The van der Waals surface area contributed by atoms with Crippen molar-refractivity contribution < 1.29 is 51.7 Å². The number of aromatic nitrogens is 2. The summed E-state index contributed by atoms with van der Waals surface area (Å²) in [6, 6.07) is 3.97. The minimum Gasteiger partial charge on any atom is -0.480 e. The highest BCUT2D eigenvalue weighted by Gasteiger charge is 2.56. The van der Waals surface area contributed by atoms with Crippen LogP contribution in [0.5, 0.6) is 5.75 Å². The van der Waals surface area contributed by atoms with Gasteiger partial charge >= 0.3 is 25.4 Å². The molecular formula is C24H27FN3O12P. The average molecular weight is 599 g/mol. The van der Waals surface area contributed by atoms with Gasteiger partial charge in [-0.05, 0) is 19.9 Å². The number of aromatic amines is 1. The van der Waals surface area contributed by atoms with E-state index in [0.717, 1.165) is 23.8 Å². The van der Waals surface area contributed by atoms with E-state index in [0.29, 0.717) is 10.9 Å². The second-order valence-electron chi connectivity index (χ2n) is 9.36. The van der Waals surface area contributed by atoms with Gasteiger partial charge in [-0.25, -0.2) is 13.8 Å². The molecule has 0 bridgehead atoms. The summed E-state index contributed by atoms with van der Waals surface area (Å²) < 4.78 is 56.8.